The van der Waals surface area contributed by atoms with Gasteiger partial charge in [-0.3, -0.25) is 14.5 Å². The van der Waals surface area contributed by atoms with Gasteiger partial charge in [-0.1, -0.05) is 68.4 Å². The van der Waals surface area contributed by atoms with E-state index in [1.165, 1.54) is 14.2 Å². The minimum absolute atomic E-state index is 0.112. The number of methoxy groups -OCH3 is 2. The molecule has 0 bridgehead atoms. The quantitative estimate of drug-likeness (QED) is 0.126. The number of nitrogens with zero attached hydrogens (tertiary/aromatic N) is 4. The smallest absolute Gasteiger partial charge is 0.407 e. The molecule has 0 unspecified atom stereocenters. The van der Waals surface area contributed by atoms with E-state index in [0.717, 1.165) is 79.8 Å². The van der Waals surface area contributed by atoms with Crippen molar-refractivity contribution >= 4 is 51.8 Å². The fourth-order valence-electron chi connectivity index (χ4n) is 8.97. The molecule has 4 aromatic carbocycles. The number of amides is 4. The number of aromatic amines is 2. The maximum absolute atomic E-state index is 14.0. The van der Waals surface area contributed by atoms with Crippen molar-refractivity contribution in [1.82, 2.24) is 35.5 Å². The van der Waals surface area contributed by atoms with Crippen molar-refractivity contribution in [2.24, 2.45) is 5.92 Å². The number of carbonyl (C=O) groups excluding carboxylic acids is 4. The number of imidazole rings is 2. The van der Waals surface area contributed by atoms with E-state index >= 15 is 0 Å². The molecule has 59 heavy (non-hydrogen) atoms. The number of nitrogens with one attached hydrogen (secondary N) is 4. The lowest BCUT2D eigenvalue weighted by Gasteiger charge is -2.29. The van der Waals surface area contributed by atoms with Gasteiger partial charge in [-0.25, -0.2) is 19.6 Å². The molecule has 4 N–H and O–H groups in total. The minimum atomic E-state index is -0.705. The van der Waals surface area contributed by atoms with Gasteiger partial charge in [0.05, 0.1) is 54.1 Å². The van der Waals surface area contributed by atoms with E-state index in [1.807, 2.05) is 41.8 Å². The third kappa shape index (κ3) is 6.91. The maximum Gasteiger partial charge on any atom is 0.407 e. The van der Waals surface area contributed by atoms with Crippen LogP contribution < -0.4 is 15.5 Å². The molecule has 3 aliphatic rings. The number of fused-ring (bicyclic) bond motifs is 2. The van der Waals surface area contributed by atoms with Crippen molar-refractivity contribution < 1.29 is 28.7 Å². The Balaban J connectivity index is 0.935. The first-order chi connectivity index (χ1) is 28.6. The standard InChI is InChI=1S/C45H46N8O6/c1-24(2)38(51-45(57)59-4)43(55)52-20-6-9-36(52)40-46-31-17-15-28(21-34(31)48-40)25-10-12-26(13-11-25)29-16-18-32-35(22-29)49-41(47-32)37-23-30-8-5-7-27-14-19-33(50-44(56)58-3)42(54)53(37)39(27)30/h5,7-8,10-13,15-18,21-22,24,33,36-38H,6,9,14,19-20,23H2,1-4H3,(H,46,48)(H,47,49)(H,50,56)(H,51,57)/t33-,36-,37-,38-/m0/s1. The number of rotatable bonds is 8. The second kappa shape index (κ2) is 15.2. The molecule has 0 saturated carbocycles. The normalized spacial score (nSPS) is 19.2. The van der Waals surface area contributed by atoms with Crippen LogP contribution in [0.3, 0.4) is 0 Å². The van der Waals surface area contributed by atoms with E-state index in [0.29, 0.717) is 31.6 Å². The molecule has 0 spiro atoms. The molecule has 14 nitrogen and oxygen atoms in total. The van der Waals surface area contributed by atoms with Gasteiger partial charge in [0.15, 0.2) is 0 Å². The van der Waals surface area contributed by atoms with Crippen LogP contribution in [0, 0.1) is 5.92 Å². The fourth-order valence-corrected chi connectivity index (χ4v) is 8.97. The number of anilines is 1. The zero-order chi connectivity index (χ0) is 40.9. The van der Waals surface area contributed by atoms with Crippen molar-refractivity contribution in [2.75, 3.05) is 25.7 Å². The molecule has 4 atom stereocenters. The Hall–Kier alpha value is -6.70. The molecular weight excluding hydrogens is 749 g/mol. The summed E-state index contributed by atoms with van der Waals surface area (Å²) >= 11 is 0. The summed E-state index contributed by atoms with van der Waals surface area (Å²) in [6, 6.07) is 24.9. The minimum Gasteiger partial charge on any atom is -0.453 e. The Bertz CT molecular complexity index is 2610. The first-order valence-corrected chi connectivity index (χ1v) is 20.1. The Morgan fingerprint density at radius 1 is 0.763 bits per heavy atom. The van der Waals surface area contributed by atoms with E-state index in [-0.39, 0.29) is 29.8 Å². The van der Waals surface area contributed by atoms with Crippen molar-refractivity contribution in [3.63, 3.8) is 0 Å². The summed E-state index contributed by atoms with van der Waals surface area (Å²) in [5, 5.41) is 5.45. The molecule has 4 amide bonds. The fraction of sp³-hybridized carbons (Fsp3) is 0.333. The molecule has 0 aliphatic carbocycles. The lowest BCUT2D eigenvalue weighted by Crippen LogP contribution is -2.51. The molecule has 2 aromatic heterocycles. The van der Waals surface area contributed by atoms with Crippen LogP contribution in [0.15, 0.2) is 78.9 Å². The van der Waals surface area contributed by atoms with Crippen LogP contribution in [0.5, 0.6) is 0 Å². The molecule has 5 heterocycles. The predicted octanol–water partition coefficient (Wildman–Crippen LogP) is 7.12. The molecule has 6 aromatic rings. The molecule has 1 saturated heterocycles. The Labute approximate surface area is 340 Å². The van der Waals surface area contributed by atoms with E-state index in [2.05, 4.69) is 81.3 Å². The number of para-hydroxylation sites is 1. The molecule has 3 aliphatic heterocycles. The number of carbonyl (C=O) groups is 4. The second-order valence-electron chi connectivity index (χ2n) is 15.9. The van der Waals surface area contributed by atoms with E-state index in [1.54, 1.807) is 0 Å². The molecule has 9 rings (SSSR count). The average Bonchev–Trinajstić information content (AvgIpc) is 4.06. The highest BCUT2D eigenvalue weighted by Gasteiger charge is 2.43. The van der Waals surface area contributed by atoms with Crippen LogP contribution >= 0.6 is 0 Å². The van der Waals surface area contributed by atoms with Gasteiger partial charge >= 0.3 is 12.2 Å². The van der Waals surface area contributed by atoms with Gasteiger partial charge in [0.2, 0.25) is 11.8 Å². The summed E-state index contributed by atoms with van der Waals surface area (Å²) in [7, 11) is 2.59. The molecule has 302 valence electrons. The van der Waals surface area contributed by atoms with E-state index < -0.39 is 24.3 Å². The summed E-state index contributed by atoms with van der Waals surface area (Å²) in [5.41, 5.74) is 10.6. The van der Waals surface area contributed by atoms with Crippen molar-refractivity contribution in [3.8, 4) is 22.3 Å². The topological polar surface area (TPSA) is 175 Å². The lowest BCUT2D eigenvalue weighted by atomic mass is 10.00. The highest BCUT2D eigenvalue weighted by molar-refractivity contribution is 6.02. The highest BCUT2D eigenvalue weighted by Crippen LogP contribution is 2.45. The van der Waals surface area contributed by atoms with Crippen LogP contribution in [-0.2, 0) is 31.9 Å². The SMILES string of the molecule is COC(=O)N[C@H]1CCc2cccc3c2N(C1=O)[C@H](c1nc2ccc(-c4ccc(-c5ccc6nc([C@@H]7CCCN7C(=O)[C@@H](NC(=O)OC)C(C)C)[nH]c6c5)cc4)cc2[nH]1)C3. The molecule has 0 radical (unpaired) electrons. The lowest BCUT2D eigenvalue weighted by molar-refractivity contribution is -0.135. The summed E-state index contributed by atoms with van der Waals surface area (Å²) in [6.45, 7) is 4.40. The van der Waals surface area contributed by atoms with Gasteiger partial charge in [0, 0.05) is 13.0 Å². The highest BCUT2D eigenvalue weighted by atomic mass is 16.5. The van der Waals surface area contributed by atoms with Crippen LogP contribution in [0.2, 0.25) is 0 Å². The Kier molecular flexibility index (Phi) is 9.77. The maximum atomic E-state index is 14.0. The number of alkyl carbamates (subject to hydrolysis) is 2. The average molecular weight is 795 g/mol. The van der Waals surface area contributed by atoms with Gasteiger partial charge in [0.1, 0.15) is 23.7 Å². The third-order valence-corrected chi connectivity index (χ3v) is 12.0. The summed E-state index contributed by atoms with van der Waals surface area (Å²) < 4.78 is 9.60. The van der Waals surface area contributed by atoms with Crippen molar-refractivity contribution in [2.45, 2.75) is 70.1 Å². The Morgan fingerprint density at radius 2 is 1.36 bits per heavy atom. The summed E-state index contributed by atoms with van der Waals surface area (Å²) in [5.74, 6) is 1.01. The number of ether oxygens (including phenoxy) is 2. The van der Waals surface area contributed by atoms with Crippen LogP contribution in [0.25, 0.3) is 44.3 Å². The van der Waals surface area contributed by atoms with Gasteiger partial charge in [-0.05, 0) is 89.2 Å². The first kappa shape index (κ1) is 37.9. The van der Waals surface area contributed by atoms with Crippen LogP contribution in [0.1, 0.15) is 68.0 Å². The number of likely N-dealkylation sites (tertiary alicyclic amines) is 1. The number of hydrogen-bond donors (Lipinski definition) is 4. The molecule has 1 fully saturated rings. The predicted molar refractivity (Wildman–Crippen MR) is 222 cm³/mol. The van der Waals surface area contributed by atoms with E-state index in [9.17, 15) is 19.2 Å². The molecular formula is C45H46N8O6. The first-order valence-electron chi connectivity index (χ1n) is 20.1. The van der Waals surface area contributed by atoms with Gasteiger partial charge in [-0.2, -0.15) is 0 Å². The van der Waals surface area contributed by atoms with Crippen molar-refractivity contribution in [1.29, 1.82) is 0 Å². The largest absolute Gasteiger partial charge is 0.453 e. The number of hydrogen-bond acceptors (Lipinski definition) is 8. The summed E-state index contributed by atoms with van der Waals surface area (Å²) in [4.78, 5) is 72.3. The number of aromatic nitrogens is 4. The zero-order valence-corrected chi connectivity index (χ0v) is 33.4. The molecule has 14 heteroatoms. The van der Waals surface area contributed by atoms with Gasteiger partial charge < -0.3 is 35.0 Å². The summed E-state index contributed by atoms with van der Waals surface area (Å²) in [6.07, 6.45) is 2.13. The number of benzene rings is 4. The van der Waals surface area contributed by atoms with Crippen molar-refractivity contribution in [3.05, 3.63) is 102 Å². The zero-order valence-electron chi connectivity index (χ0n) is 33.4. The number of H-pyrrole nitrogens is 2. The monoisotopic (exact) mass is 794 g/mol. The third-order valence-electron chi connectivity index (χ3n) is 12.0. The number of aryl methyl sites for hydroxylation is 1. The van der Waals surface area contributed by atoms with Crippen LogP contribution in [0.4, 0.5) is 15.3 Å². The second-order valence-corrected chi connectivity index (χ2v) is 15.9. The van der Waals surface area contributed by atoms with Gasteiger partial charge in [-0.15, -0.1) is 0 Å². The van der Waals surface area contributed by atoms with Gasteiger partial charge in [0.25, 0.3) is 0 Å². The van der Waals surface area contributed by atoms with E-state index in [4.69, 9.17) is 19.4 Å². The van der Waals surface area contributed by atoms with Crippen LogP contribution in [-0.4, -0.2) is 81.7 Å². The Morgan fingerprint density at radius 3 is 1.97 bits per heavy atom.